The standard InChI is InChI=1S/C13H26N2O3/c1-5-11(18-14)10-6-8-15(9-7-10)12(16)17-13(2,3)4/h10-11H,5-9,14H2,1-4H3. The quantitative estimate of drug-likeness (QED) is 0.789. The van der Waals surface area contributed by atoms with Crippen molar-refractivity contribution in [3.63, 3.8) is 0 Å². The van der Waals surface area contributed by atoms with Gasteiger partial charge in [0.25, 0.3) is 0 Å². The maximum absolute atomic E-state index is 11.9. The SMILES string of the molecule is CCC(ON)C1CCN(C(=O)OC(C)(C)C)CC1. The van der Waals surface area contributed by atoms with Crippen molar-refractivity contribution in [2.45, 2.75) is 58.7 Å². The fourth-order valence-corrected chi connectivity index (χ4v) is 2.32. The molecule has 2 N–H and O–H groups in total. The molecule has 0 bridgehead atoms. The van der Waals surface area contributed by atoms with Crippen molar-refractivity contribution < 1.29 is 14.4 Å². The molecule has 106 valence electrons. The molecule has 1 rings (SSSR count). The Hall–Kier alpha value is -0.810. The summed E-state index contributed by atoms with van der Waals surface area (Å²) in [5.41, 5.74) is -0.430. The minimum absolute atomic E-state index is 0.103. The number of carbonyl (C=O) groups excluding carboxylic acids is 1. The first-order valence-corrected chi connectivity index (χ1v) is 6.71. The average Bonchev–Trinajstić information content (AvgIpc) is 2.29. The average molecular weight is 258 g/mol. The van der Waals surface area contributed by atoms with Gasteiger partial charge >= 0.3 is 6.09 Å². The summed E-state index contributed by atoms with van der Waals surface area (Å²) in [4.78, 5) is 18.6. The van der Waals surface area contributed by atoms with Crippen LogP contribution in [0.25, 0.3) is 0 Å². The molecule has 1 saturated heterocycles. The Morgan fingerprint density at radius 3 is 2.33 bits per heavy atom. The molecule has 5 nitrogen and oxygen atoms in total. The second kappa shape index (κ2) is 6.38. The number of hydrogen-bond donors (Lipinski definition) is 1. The lowest BCUT2D eigenvalue weighted by Gasteiger charge is -2.35. The van der Waals surface area contributed by atoms with Crippen LogP contribution in [0.4, 0.5) is 4.79 Å². The zero-order valence-corrected chi connectivity index (χ0v) is 11.9. The number of piperidine rings is 1. The number of likely N-dealkylation sites (tertiary alicyclic amines) is 1. The topological polar surface area (TPSA) is 64.8 Å². The second-order valence-electron chi connectivity index (χ2n) is 5.89. The Morgan fingerprint density at radius 2 is 1.94 bits per heavy atom. The highest BCUT2D eigenvalue weighted by atomic mass is 16.6. The smallest absolute Gasteiger partial charge is 0.410 e. The van der Waals surface area contributed by atoms with Crippen molar-refractivity contribution in [2.24, 2.45) is 11.8 Å². The Morgan fingerprint density at radius 1 is 1.39 bits per heavy atom. The second-order valence-corrected chi connectivity index (χ2v) is 5.89. The van der Waals surface area contributed by atoms with Gasteiger partial charge in [-0.25, -0.2) is 10.7 Å². The van der Waals surface area contributed by atoms with E-state index in [2.05, 4.69) is 6.92 Å². The molecule has 1 unspecified atom stereocenters. The molecule has 0 aliphatic carbocycles. The Kier molecular flexibility index (Phi) is 5.41. The Balaban J connectivity index is 2.41. The van der Waals surface area contributed by atoms with Crippen LogP contribution >= 0.6 is 0 Å². The lowest BCUT2D eigenvalue weighted by molar-refractivity contribution is -0.0208. The minimum atomic E-state index is -0.430. The van der Waals surface area contributed by atoms with Crippen molar-refractivity contribution in [3.05, 3.63) is 0 Å². The number of rotatable bonds is 3. The van der Waals surface area contributed by atoms with Gasteiger partial charge in [0.15, 0.2) is 0 Å². The van der Waals surface area contributed by atoms with Crippen LogP contribution in [0.1, 0.15) is 47.0 Å². The van der Waals surface area contributed by atoms with Crippen molar-refractivity contribution >= 4 is 6.09 Å². The highest BCUT2D eigenvalue weighted by Crippen LogP contribution is 2.24. The number of ether oxygens (including phenoxy) is 1. The summed E-state index contributed by atoms with van der Waals surface area (Å²) in [7, 11) is 0. The molecule has 18 heavy (non-hydrogen) atoms. The van der Waals surface area contributed by atoms with Crippen LogP contribution in [0.3, 0.4) is 0 Å². The third kappa shape index (κ3) is 4.46. The minimum Gasteiger partial charge on any atom is -0.444 e. The molecule has 1 atom stereocenters. The van der Waals surface area contributed by atoms with E-state index in [9.17, 15) is 4.79 Å². The summed E-state index contributed by atoms with van der Waals surface area (Å²) >= 11 is 0. The first-order valence-electron chi connectivity index (χ1n) is 6.71. The molecule has 0 aromatic carbocycles. The molecule has 0 aromatic heterocycles. The molecule has 0 radical (unpaired) electrons. The molecular weight excluding hydrogens is 232 g/mol. The van der Waals surface area contributed by atoms with E-state index in [0.29, 0.717) is 5.92 Å². The number of nitrogens with zero attached hydrogens (tertiary/aromatic N) is 1. The fourth-order valence-electron chi connectivity index (χ4n) is 2.32. The van der Waals surface area contributed by atoms with E-state index in [1.165, 1.54) is 0 Å². The highest BCUT2D eigenvalue weighted by molar-refractivity contribution is 5.68. The zero-order chi connectivity index (χ0) is 13.8. The number of amides is 1. The van der Waals surface area contributed by atoms with Gasteiger partial charge in [-0.1, -0.05) is 6.92 Å². The molecule has 5 heteroatoms. The largest absolute Gasteiger partial charge is 0.444 e. The zero-order valence-electron chi connectivity index (χ0n) is 11.9. The van der Waals surface area contributed by atoms with Gasteiger partial charge in [-0.05, 0) is 46.0 Å². The van der Waals surface area contributed by atoms with Crippen LogP contribution in [0.15, 0.2) is 0 Å². The lowest BCUT2D eigenvalue weighted by atomic mass is 9.90. The van der Waals surface area contributed by atoms with Gasteiger partial charge in [-0.2, -0.15) is 0 Å². The van der Waals surface area contributed by atoms with Crippen LogP contribution < -0.4 is 5.90 Å². The maximum atomic E-state index is 11.9. The van der Waals surface area contributed by atoms with E-state index >= 15 is 0 Å². The van der Waals surface area contributed by atoms with Crippen molar-refractivity contribution in [1.29, 1.82) is 0 Å². The van der Waals surface area contributed by atoms with Crippen LogP contribution in [0, 0.1) is 5.92 Å². The first-order chi connectivity index (χ1) is 8.37. The normalized spacial score (nSPS) is 19.7. The molecule has 0 spiro atoms. The maximum Gasteiger partial charge on any atom is 0.410 e. The van der Waals surface area contributed by atoms with E-state index < -0.39 is 5.60 Å². The fraction of sp³-hybridized carbons (Fsp3) is 0.923. The monoisotopic (exact) mass is 258 g/mol. The summed E-state index contributed by atoms with van der Waals surface area (Å²) in [5.74, 6) is 5.73. The van der Waals surface area contributed by atoms with Gasteiger partial charge in [-0.3, -0.25) is 0 Å². The highest BCUT2D eigenvalue weighted by Gasteiger charge is 2.30. The Bertz CT molecular complexity index is 264. The van der Waals surface area contributed by atoms with E-state index in [4.69, 9.17) is 15.5 Å². The molecule has 0 aromatic rings. The van der Waals surface area contributed by atoms with Crippen molar-refractivity contribution in [1.82, 2.24) is 4.90 Å². The molecule has 1 fully saturated rings. The lowest BCUT2D eigenvalue weighted by Crippen LogP contribution is -2.44. The number of nitrogens with two attached hydrogens (primary N) is 1. The molecular formula is C13H26N2O3. The van der Waals surface area contributed by atoms with E-state index in [-0.39, 0.29) is 12.2 Å². The summed E-state index contributed by atoms with van der Waals surface area (Å²) in [6, 6.07) is 0. The van der Waals surface area contributed by atoms with Crippen LogP contribution in [0.2, 0.25) is 0 Å². The summed E-state index contributed by atoms with van der Waals surface area (Å²) in [6.45, 7) is 9.16. The van der Waals surface area contributed by atoms with E-state index in [1.807, 2.05) is 20.8 Å². The van der Waals surface area contributed by atoms with Gasteiger partial charge in [0.05, 0.1) is 6.10 Å². The van der Waals surface area contributed by atoms with Crippen LogP contribution in [-0.4, -0.2) is 35.8 Å². The molecule has 1 aliphatic heterocycles. The van der Waals surface area contributed by atoms with Crippen molar-refractivity contribution in [3.8, 4) is 0 Å². The van der Waals surface area contributed by atoms with Crippen LogP contribution in [0.5, 0.6) is 0 Å². The summed E-state index contributed by atoms with van der Waals surface area (Å²) < 4.78 is 5.36. The van der Waals surface area contributed by atoms with Crippen molar-refractivity contribution in [2.75, 3.05) is 13.1 Å². The molecule has 1 amide bonds. The summed E-state index contributed by atoms with van der Waals surface area (Å²) in [6.07, 6.45) is 2.64. The number of hydrogen-bond acceptors (Lipinski definition) is 4. The molecule has 1 heterocycles. The van der Waals surface area contributed by atoms with Gasteiger partial charge in [-0.15, -0.1) is 0 Å². The third-order valence-corrected chi connectivity index (χ3v) is 3.29. The van der Waals surface area contributed by atoms with Gasteiger partial charge in [0.2, 0.25) is 0 Å². The number of carbonyl (C=O) groups is 1. The first kappa shape index (κ1) is 15.2. The van der Waals surface area contributed by atoms with E-state index in [0.717, 1.165) is 32.4 Å². The molecule has 0 saturated carbocycles. The predicted octanol–water partition coefficient (Wildman–Crippen LogP) is 2.30. The van der Waals surface area contributed by atoms with Gasteiger partial charge in [0, 0.05) is 13.1 Å². The predicted molar refractivity (Wildman–Crippen MR) is 69.9 cm³/mol. The Labute approximate surface area is 110 Å². The summed E-state index contributed by atoms with van der Waals surface area (Å²) in [5, 5.41) is 0. The molecule has 1 aliphatic rings. The van der Waals surface area contributed by atoms with E-state index in [1.54, 1.807) is 4.90 Å². The third-order valence-electron chi connectivity index (χ3n) is 3.29. The van der Waals surface area contributed by atoms with Gasteiger partial charge < -0.3 is 14.5 Å². The van der Waals surface area contributed by atoms with Crippen LogP contribution in [-0.2, 0) is 9.57 Å². The van der Waals surface area contributed by atoms with Gasteiger partial charge in [0.1, 0.15) is 5.60 Å².